The number of anilines is 1. The van der Waals surface area contributed by atoms with Crippen molar-refractivity contribution >= 4 is 40.5 Å². The van der Waals surface area contributed by atoms with Crippen LogP contribution >= 0.6 is 23.2 Å². The zero-order valence-electron chi connectivity index (χ0n) is 11.3. The first-order valence-electron chi connectivity index (χ1n) is 6.07. The molecule has 0 fully saturated rings. The molecule has 2 rings (SSSR count). The maximum Gasteiger partial charge on any atom is 0.259 e. The Bertz CT molecular complexity index is 729. The molecular formula is C14H11Cl2N2O4-. The molecule has 1 amide bonds. The van der Waals surface area contributed by atoms with Crippen molar-refractivity contribution in [1.29, 1.82) is 0 Å². The number of rotatable bonds is 3. The first-order valence-corrected chi connectivity index (χ1v) is 6.82. The van der Waals surface area contributed by atoms with E-state index in [0.29, 0.717) is 0 Å². The topological polar surface area (TPSA) is 95.5 Å². The Labute approximate surface area is 136 Å². The maximum absolute atomic E-state index is 12.1. The van der Waals surface area contributed by atoms with Gasteiger partial charge in [0.1, 0.15) is 11.4 Å². The number of carbonyl (C=O) groups excluding carboxylic acids is 1. The lowest BCUT2D eigenvalue weighted by atomic mass is 10.2. The number of benzene rings is 2. The van der Waals surface area contributed by atoms with Gasteiger partial charge in [0.2, 0.25) is 0 Å². The van der Waals surface area contributed by atoms with Crippen LogP contribution in [-0.4, -0.2) is 18.1 Å². The quantitative estimate of drug-likeness (QED) is 0.653. The minimum absolute atomic E-state index is 0.0269. The van der Waals surface area contributed by atoms with Crippen molar-refractivity contribution in [1.82, 2.24) is 4.81 Å². The zero-order valence-corrected chi connectivity index (χ0v) is 12.9. The van der Waals surface area contributed by atoms with Crippen molar-refractivity contribution in [3.05, 3.63) is 62.4 Å². The highest BCUT2D eigenvalue weighted by Crippen LogP contribution is 2.30. The lowest BCUT2D eigenvalue weighted by Crippen LogP contribution is -2.29. The maximum atomic E-state index is 12.1. The van der Waals surface area contributed by atoms with Gasteiger partial charge in [-0.25, -0.2) is 0 Å². The molecule has 2 aromatic carbocycles. The summed E-state index contributed by atoms with van der Waals surface area (Å²) in [4.78, 5) is 10.2. The first-order chi connectivity index (χ1) is 10.2. The Morgan fingerprint density at radius 3 is 2.45 bits per heavy atom. The van der Waals surface area contributed by atoms with Gasteiger partial charge in [-0.1, -0.05) is 23.2 Å². The third-order valence-corrected chi connectivity index (χ3v) is 3.42. The fourth-order valence-electron chi connectivity index (χ4n) is 1.74. The summed E-state index contributed by atoms with van der Waals surface area (Å²) >= 11 is 11.7. The van der Waals surface area contributed by atoms with Crippen molar-refractivity contribution in [3.8, 4) is 5.75 Å². The van der Waals surface area contributed by atoms with E-state index in [1.165, 1.54) is 36.4 Å². The highest BCUT2D eigenvalue weighted by molar-refractivity contribution is 6.34. The van der Waals surface area contributed by atoms with E-state index in [2.05, 4.69) is 5.32 Å². The van der Waals surface area contributed by atoms with Crippen LogP contribution in [-0.2, 0) is 0 Å². The third-order valence-electron chi connectivity index (χ3n) is 2.87. The molecule has 0 aliphatic heterocycles. The molecule has 116 valence electrons. The van der Waals surface area contributed by atoms with Gasteiger partial charge < -0.3 is 25.6 Å². The molecule has 0 radical (unpaired) electrons. The van der Waals surface area contributed by atoms with Gasteiger partial charge in [-0.05, 0) is 24.3 Å². The molecule has 0 saturated carbocycles. The number of amides is 1. The van der Waals surface area contributed by atoms with Crippen molar-refractivity contribution in [3.63, 3.8) is 0 Å². The number of phenols is 1. The standard InChI is InChI=1S/C14H11Cl2N2O4/c1-18(21,22)9-3-4-12(11(16)7-9)17-14(20)10-6-8(15)2-5-13(10)19/h2-7,19H,1H3,(H,17,20)/q-1. The molecule has 0 unspecified atom stereocenters. The SMILES string of the molecule is C[N+]([O-])([O-])c1ccc(NC(=O)c2cc(Cl)ccc2O)c(Cl)c1. The molecule has 0 aromatic heterocycles. The molecule has 0 aliphatic rings. The molecule has 0 saturated heterocycles. The van der Waals surface area contributed by atoms with Crippen LogP contribution < -0.4 is 10.1 Å². The van der Waals surface area contributed by atoms with E-state index in [1.807, 2.05) is 0 Å². The van der Waals surface area contributed by atoms with Crippen LogP contribution in [0.3, 0.4) is 0 Å². The fourth-order valence-corrected chi connectivity index (χ4v) is 2.13. The monoisotopic (exact) mass is 341 g/mol. The minimum Gasteiger partial charge on any atom is -0.626 e. The zero-order chi connectivity index (χ0) is 16.5. The molecule has 0 spiro atoms. The van der Waals surface area contributed by atoms with Crippen LogP contribution in [0.25, 0.3) is 0 Å². The van der Waals surface area contributed by atoms with Gasteiger partial charge >= 0.3 is 0 Å². The number of hydrogen-bond acceptors (Lipinski definition) is 4. The van der Waals surface area contributed by atoms with Gasteiger partial charge in [-0.2, -0.15) is 0 Å². The van der Waals surface area contributed by atoms with Gasteiger partial charge in [-0.3, -0.25) is 4.79 Å². The van der Waals surface area contributed by atoms with Crippen LogP contribution in [0.15, 0.2) is 36.4 Å². The summed E-state index contributed by atoms with van der Waals surface area (Å²) in [5, 5.41) is 35.0. The fraction of sp³-hybridized carbons (Fsp3) is 0.0714. The molecule has 0 aliphatic carbocycles. The number of nitrogens with zero attached hydrogens (tertiary/aromatic N) is 1. The number of halogens is 2. The van der Waals surface area contributed by atoms with Gasteiger partial charge in [0, 0.05) is 17.2 Å². The van der Waals surface area contributed by atoms with E-state index in [1.54, 1.807) is 0 Å². The number of quaternary nitrogens is 1. The summed E-state index contributed by atoms with van der Waals surface area (Å²) < 4.78 is 0. The van der Waals surface area contributed by atoms with Crippen molar-refractivity contribution in [2.24, 2.45) is 0 Å². The van der Waals surface area contributed by atoms with Gasteiger partial charge in [-0.15, -0.1) is 0 Å². The van der Waals surface area contributed by atoms with Crippen LogP contribution in [0.2, 0.25) is 10.0 Å². The highest BCUT2D eigenvalue weighted by atomic mass is 35.5. The lowest BCUT2D eigenvalue weighted by molar-refractivity contribution is 0.102. The number of aromatic hydroxyl groups is 1. The van der Waals surface area contributed by atoms with Crippen LogP contribution in [0.5, 0.6) is 5.75 Å². The van der Waals surface area contributed by atoms with Crippen LogP contribution in [0, 0.1) is 10.4 Å². The van der Waals surface area contributed by atoms with Crippen molar-refractivity contribution in [2.75, 3.05) is 12.4 Å². The average Bonchev–Trinajstić information content (AvgIpc) is 2.42. The van der Waals surface area contributed by atoms with E-state index in [-0.39, 0.29) is 32.7 Å². The van der Waals surface area contributed by atoms with Gasteiger partial charge in [0.05, 0.1) is 23.3 Å². The second kappa shape index (κ2) is 6.12. The number of hydroxylamine groups is 2. The number of hydrogen-bond donors (Lipinski definition) is 2. The molecule has 0 bridgehead atoms. The highest BCUT2D eigenvalue weighted by Gasteiger charge is 2.15. The minimum atomic E-state index is -1.89. The first kappa shape index (κ1) is 16.5. The molecule has 8 heteroatoms. The Morgan fingerprint density at radius 1 is 1.18 bits per heavy atom. The smallest absolute Gasteiger partial charge is 0.259 e. The molecule has 22 heavy (non-hydrogen) atoms. The molecular weight excluding hydrogens is 331 g/mol. The molecule has 2 N–H and O–H groups in total. The van der Waals surface area contributed by atoms with Crippen LogP contribution in [0.4, 0.5) is 11.4 Å². The Hall–Kier alpha value is -1.83. The summed E-state index contributed by atoms with van der Waals surface area (Å²) in [5.41, 5.74) is 0.0674. The van der Waals surface area contributed by atoms with Gasteiger partial charge in [0.15, 0.2) is 0 Å². The summed E-state index contributed by atoms with van der Waals surface area (Å²) in [6.07, 6.45) is 0. The molecule has 0 atom stereocenters. The van der Waals surface area contributed by atoms with E-state index < -0.39 is 10.7 Å². The summed E-state index contributed by atoms with van der Waals surface area (Å²) in [7, 11) is 0.911. The molecule has 2 aromatic rings. The average molecular weight is 342 g/mol. The van der Waals surface area contributed by atoms with Crippen LogP contribution in [0.1, 0.15) is 10.4 Å². The van der Waals surface area contributed by atoms with Crippen molar-refractivity contribution < 1.29 is 9.90 Å². The van der Waals surface area contributed by atoms with E-state index in [4.69, 9.17) is 23.2 Å². The van der Waals surface area contributed by atoms with E-state index in [0.717, 1.165) is 7.05 Å². The lowest BCUT2D eigenvalue weighted by Gasteiger charge is -2.42. The Morgan fingerprint density at radius 2 is 1.86 bits per heavy atom. The summed E-state index contributed by atoms with van der Waals surface area (Å²) in [6, 6.07) is 7.81. The normalized spacial score (nSPS) is 11.3. The van der Waals surface area contributed by atoms with Crippen molar-refractivity contribution in [2.45, 2.75) is 0 Å². The summed E-state index contributed by atoms with van der Waals surface area (Å²) in [5.74, 6) is -0.867. The number of carbonyl (C=O) groups is 1. The Balaban J connectivity index is 2.27. The van der Waals surface area contributed by atoms with E-state index >= 15 is 0 Å². The number of nitrogens with one attached hydrogen (secondary N) is 1. The second-order valence-corrected chi connectivity index (χ2v) is 5.47. The third kappa shape index (κ3) is 3.68. The second-order valence-electron chi connectivity index (χ2n) is 4.63. The molecule has 6 nitrogen and oxygen atoms in total. The number of phenolic OH excluding ortho intramolecular Hbond substituents is 1. The van der Waals surface area contributed by atoms with Gasteiger partial charge in [0.25, 0.3) is 5.91 Å². The largest absolute Gasteiger partial charge is 0.626 e. The predicted octanol–water partition coefficient (Wildman–Crippen LogP) is 3.88. The summed E-state index contributed by atoms with van der Waals surface area (Å²) in [6.45, 7) is 0. The Kier molecular flexibility index (Phi) is 4.60. The molecule has 0 heterocycles. The van der Waals surface area contributed by atoms with E-state index in [9.17, 15) is 20.3 Å². The predicted molar refractivity (Wildman–Crippen MR) is 87.0 cm³/mol.